The number of amides is 1. The van der Waals surface area contributed by atoms with E-state index < -0.39 is 0 Å². The number of aromatic nitrogens is 5. The van der Waals surface area contributed by atoms with Crippen LogP contribution in [0, 0.1) is 6.92 Å². The van der Waals surface area contributed by atoms with E-state index in [0.717, 1.165) is 5.69 Å². The van der Waals surface area contributed by atoms with Gasteiger partial charge in [0.1, 0.15) is 11.4 Å². The molecule has 0 radical (unpaired) electrons. The van der Waals surface area contributed by atoms with E-state index in [1.165, 1.54) is 0 Å². The van der Waals surface area contributed by atoms with Crippen molar-refractivity contribution in [1.29, 1.82) is 0 Å². The van der Waals surface area contributed by atoms with Gasteiger partial charge in [0.25, 0.3) is 11.5 Å². The number of hydrogen-bond donors (Lipinski definition) is 1. The first kappa shape index (κ1) is 16.1. The van der Waals surface area contributed by atoms with Crippen LogP contribution in [-0.4, -0.2) is 42.3 Å². The Bertz CT molecular complexity index is 1010. The molecule has 4 rings (SSSR count). The molecule has 0 unspecified atom stereocenters. The summed E-state index contributed by atoms with van der Waals surface area (Å²) in [6.45, 7) is 2.55. The molecule has 8 heteroatoms. The van der Waals surface area contributed by atoms with E-state index in [1.807, 2.05) is 6.92 Å². The largest absolute Gasteiger partial charge is 0.331 e. The van der Waals surface area contributed by atoms with Gasteiger partial charge in [0.05, 0.1) is 24.1 Å². The summed E-state index contributed by atoms with van der Waals surface area (Å²) in [4.78, 5) is 46.5. The molecule has 1 N–H and O–H groups in total. The van der Waals surface area contributed by atoms with Crippen LogP contribution < -0.4 is 5.56 Å². The third kappa shape index (κ3) is 2.97. The van der Waals surface area contributed by atoms with Crippen LogP contribution in [0.4, 0.5) is 0 Å². The van der Waals surface area contributed by atoms with Gasteiger partial charge in [-0.3, -0.25) is 19.6 Å². The first-order valence-electron chi connectivity index (χ1n) is 8.23. The summed E-state index contributed by atoms with van der Waals surface area (Å²) in [6.07, 6.45) is 5.23. The van der Waals surface area contributed by atoms with Crippen LogP contribution in [0.15, 0.2) is 41.6 Å². The first-order chi connectivity index (χ1) is 12.6. The molecule has 0 saturated heterocycles. The zero-order valence-electron chi connectivity index (χ0n) is 14.1. The number of nitrogens with one attached hydrogen (secondary N) is 1. The van der Waals surface area contributed by atoms with Crippen molar-refractivity contribution in [3.63, 3.8) is 0 Å². The Morgan fingerprint density at radius 1 is 1.19 bits per heavy atom. The quantitative estimate of drug-likeness (QED) is 0.744. The van der Waals surface area contributed by atoms with Crippen LogP contribution in [0.1, 0.15) is 27.4 Å². The van der Waals surface area contributed by atoms with E-state index in [9.17, 15) is 9.59 Å². The van der Waals surface area contributed by atoms with Crippen LogP contribution in [0.2, 0.25) is 0 Å². The Balaban J connectivity index is 1.67. The number of aromatic amines is 1. The molecule has 0 fully saturated rings. The molecule has 26 heavy (non-hydrogen) atoms. The molecule has 0 aliphatic carbocycles. The summed E-state index contributed by atoms with van der Waals surface area (Å²) in [6, 6.07) is 5.21. The fraction of sp³-hybridized carbons (Fsp3) is 0.222. The maximum atomic E-state index is 12.6. The lowest BCUT2D eigenvalue weighted by Gasteiger charge is -2.27. The molecule has 0 bridgehead atoms. The van der Waals surface area contributed by atoms with Crippen molar-refractivity contribution in [3.05, 3.63) is 69.8 Å². The fourth-order valence-electron chi connectivity index (χ4n) is 2.90. The molecule has 8 nitrogen and oxygen atoms in total. The van der Waals surface area contributed by atoms with E-state index in [1.54, 1.807) is 41.7 Å². The van der Waals surface area contributed by atoms with E-state index in [-0.39, 0.29) is 18.0 Å². The normalized spacial score (nSPS) is 13.3. The number of nitrogens with zero attached hydrogens (tertiary/aromatic N) is 5. The average Bonchev–Trinajstić information content (AvgIpc) is 2.68. The number of hydrogen-bond acceptors (Lipinski definition) is 6. The third-order valence-electron chi connectivity index (χ3n) is 4.27. The van der Waals surface area contributed by atoms with Gasteiger partial charge in [-0.15, -0.1) is 0 Å². The summed E-state index contributed by atoms with van der Waals surface area (Å²) in [5, 5.41) is 0. The monoisotopic (exact) mass is 348 g/mol. The molecule has 3 aromatic rings. The van der Waals surface area contributed by atoms with Crippen molar-refractivity contribution in [2.45, 2.75) is 19.9 Å². The summed E-state index contributed by atoms with van der Waals surface area (Å²) >= 11 is 0. The van der Waals surface area contributed by atoms with Crippen molar-refractivity contribution < 1.29 is 4.79 Å². The van der Waals surface area contributed by atoms with Crippen molar-refractivity contribution in [3.8, 4) is 11.5 Å². The van der Waals surface area contributed by atoms with Gasteiger partial charge in [0, 0.05) is 24.5 Å². The molecular formula is C18H16N6O2. The molecule has 1 aliphatic heterocycles. The van der Waals surface area contributed by atoms with Crippen LogP contribution >= 0.6 is 0 Å². The van der Waals surface area contributed by atoms with Crippen molar-refractivity contribution in [2.24, 2.45) is 0 Å². The van der Waals surface area contributed by atoms with Crippen LogP contribution in [0.25, 0.3) is 11.5 Å². The van der Waals surface area contributed by atoms with Crippen LogP contribution in [0.3, 0.4) is 0 Å². The molecule has 0 saturated carbocycles. The molecule has 0 spiro atoms. The first-order valence-corrected chi connectivity index (χ1v) is 8.23. The molecule has 0 atom stereocenters. The summed E-state index contributed by atoms with van der Waals surface area (Å²) in [5.74, 6) is 0.184. The standard InChI is InChI=1S/C18H16N6O2/c1-11-8-21-14(9-20-11)16-22-15-10-24(7-5-12(15)17(25)23-16)18(26)13-4-2-3-6-19-13/h2-4,6,8-9H,5,7,10H2,1H3,(H,22,23,25). The van der Waals surface area contributed by atoms with Gasteiger partial charge in [0.2, 0.25) is 0 Å². The predicted molar refractivity (Wildman–Crippen MR) is 93.3 cm³/mol. The molecule has 130 valence electrons. The number of H-pyrrole nitrogens is 1. The lowest BCUT2D eigenvalue weighted by molar-refractivity contribution is 0.0725. The predicted octanol–water partition coefficient (Wildman–Crippen LogP) is 1.13. The second-order valence-electron chi connectivity index (χ2n) is 6.07. The highest BCUT2D eigenvalue weighted by molar-refractivity contribution is 5.92. The average molecular weight is 348 g/mol. The van der Waals surface area contributed by atoms with Crippen molar-refractivity contribution in [2.75, 3.05) is 6.54 Å². The van der Waals surface area contributed by atoms with Crippen molar-refractivity contribution >= 4 is 5.91 Å². The lowest BCUT2D eigenvalue weighted by Crippen LogP contribution is -2.39. The molecule has 1 amide bonds. The SMILES string of the molecule is Cc1cnc(-c2nc3c(c(=O)[nH]2)CCN(C(=O)c2ccccn2)C3)cn1. The van der Waals surface area contributed by atoms with Crippen LogP contribution in [-0.2, 0) is 13.0 Å². The fourth-order valence-corrected chi connectivity index (χ4v) is 2.90. The number of carbonyl (C=O) groups is 1. The lowest BCUT2D eigenvalue weighted by atomic mass is 10.1. The summed E-state index contributed by atoms with van der Waals surface area (Å²) in [5.41, 5.74) is 2.65. The smallest absolute Gasteiger partial charge is 0.272 e. The van der Waals surface area contributed by atoms with Gasteiger partial charge < -0.3 is 9.88 Å². The van der Waals surface area contributed by atoms with Gasteiger partial charge >= 0.3 is 0 Å². The molecule has 4 heterocycles. The second-order valence-corrected chi connectivity index (χ2v) is 6.07. The molecule has 1 aliphatic rings. The van der Waals surface area contributed by atoms with Gasteiger partial charge in [-0.2, -0.15) is 0 Å². The maximum Gasteiger partial charge on any atom is 0.272 e. The van der Waals surface area contributed by atoms with Gasteiger partial charge in [0.15, 0.2) is 5.82 Å². The molecule has 3 aromatic heterocycles. The van der Waals surface area contributed by atoms with Crippen LogP contribution in [0.5, 0.6) is 0 Å². The zero-order chi connectivity index (χ0) is 18.1. The Morgan fingerprint density at radius 3 is 2.81 bits per heavy atom. The topological polar surface area (TPSA) is 105 Å². The Kier molecular flexibility index (Phi) is 4.00. The number of carbonyl (C=O) groups excluding carboxylic acids is 1. The molecular weight excluding hydrogens is 332 g/mol. The highest BCUT2D eigenvalue weighted by atomic mass is 16.2. The summed E-state index contributed by atoms with van der Waals surface area (Å²) in [7, 11) is 0. The minimum atomic E-state index is -0.197. The number of pyridine rings is 1. The van der Waals surface area contributed by atoms with Gasteiger partial charge in [-0.25, -0.2) is 9.97 Å². The Hall–Kier alpha value is -3.42. The minimum absolute atomic E-state index is 0.171. The van der Waals surface area contributed by atoms with E-state index in [2.05, 4.69) is 24.9 Å². The van der Waals surface area contributed by atoms with Crippen molar-refractivity contribution in [1.82, 2.24) is 29.8 Å². The maximum absolute atomic E-state index is 12.6. The number of aryl methyl sites for hydroxylation is 1. The van der Waals surface area contributed by atoms with Gasteiger partial charge in [-0.05, 0) is 25.5 Å². The highest BCUT2D eigenvalue weighted by Crippen LogP contribution is 2.18. The van der Waals surface area contributed by atoms with E-state index in [0.29, 0.717) is 41.4 Å². The highest BCUT2D eigenvalue weighted by Gasteiger charge is 2.26. The number of fused-ring (bicyclic) bond motifs is 1. The second kappa shape index (κ2) is 6.47. The Morgan fingerprint density at radius 2 is 2.08 bits per heavy atom. The molecule has 0 aromatic carbocycles. The minimum Gasteiger partial charge on any atom is -0.331 e. The van der Waals surface area contributed by atoms with E-state index >= 15 is 0 Å². The third-order valence-corrected chi connectivity index (χ3v) is 4.27. The summed E-state index contributed by atoms with van der Waals surface area (Å²) < 4.78 is 0. The van der Waals surface area contributed by atoms with E-state index in [4.69, 9.17) is 0 Å². The Labute approximate surface area is 149 Å². The zero-order valence-corrected chi connectivity index (χ0v) is 14.1. The van der Waals surface area contributed by atoms with Gasteiger partial charge in [-0.1, -0.05) is 6.07 Å². The number of rotatable bonds is 2.